The molecule has 2 amide bonds. The van der Waals surface area contributed by atoms with Crippen LogP contribution in [0.3, 0.4) is 0 Å². The summed E-state index contributed by atoms with van der Waals surface area (Å²) in [5.41, 5.74) is 5.10. The average Bonchev–Trinajstić information content (AvgIpc) is 2.90. The van der Waals surface area contributed by atoms with Crippen molar-refractivity contribution in [3.05, 3.63) is 5.82 Å². The third-order valence-electron chi connectivity index (χ3n) is 2.98. The molecule has 1 aromatic heterocycles. The van der Waals surface area contributed by atoms with E-state index in [9.17, 15) is 4.79 Å². The molecule has 1 rings (SSSR count). The molecule has 1 heterocycles. The van der Waals surface area contributed by atoms with Gasteiger partial charge in [0.25, 0.3) is 0 Å². The Kier molecular flexibility index (Phi) is 6.83. The molecule has 0 aliphatic carbocycles. The van der Waals surface area contributed by atoms with Crippen molar-refractivity contribution in [1.82, 2.24) is 20.9 Å². The fraction of sp³-hybridized carbons (Fsp3) is 0.769. The molecule has 0 aliphatic heterocycles. The number of hydrazine groups is 1. The standard InChI is InChI=1S/C13H25N5O2/c1-5-7-8-10(6-2)14-12(19)16-17-13-15-11(9(3)4)18-20-13/h9-10H,5-8H2,1-4H3,(H2,14,16,19)(H,15,17,18). The SMILES string of the molecule is CCCCC(CC)NC(=O)NNc1nc(C(C)C)no1. The van der Waals surface area contributed by atoms with E-state index in [1.165, 1.54) is 0 Å². The minimum atomic E-state index is -0.294. The normalized spacial score (nSPS) is 12.2. The maximum absolute atomic E-state index is 11.7. The summed E-state index contributed by atoms with van der Waals surface area (Å²) in [5, 5.41) is 6.69. The van der Waals surface area contributed by atoms with Crippen molar-refractivity contribution in [2.75, 3.05) is 5.43 Å². The first-order chi connectivity index (χ1) is 9.56. The van der Waals surface area contributed by atoms with Gasteiger partial charge in [0, 0.05) is 12.0 Å². The molecule has 1 atom stereocenters. The monoisotopic (exact) mass is 283 g/mol. The van der Waals surface area contributed by atoms with Crippen molar-refractivity contribution >= 4 is 12.0 Å². The predicted octanol–water partition coefficient (Wildman–Crippen LogP) is 2.79. The summed E-state index contributed by atoms with van der Waals surface area (Å²) < 4.78 is 4.96. The highest BCUT2D eigenvalue weighted by Crippen LogP contribution is 2.11. The Bertz CT molecular complexity index is 405. The number of carbonyl (C=O) groups is 1. The molecule has 0 aromatic carbocycles. The van der Waals surface area contributed by atoms with Crippen LogP contribution in [0.4, 0.5) is 10.8 Å². The number of aromatic nitrogens is 2. The van der Waals surface area contributed by atoms with E-state index in [1.807, 2.05) is 13.8 Å². The summed E-state index contributed by atoms with van der Waals surface area (Å²) in [6, 6.07) is 0.0772. The van der Waals surface area contributed by atoms with Crippen LogP contribution in [-0.2, 0) is 0 Å². The third kappa shape index (κ3) is 5.46. The predicted molar refractivity (Wildman–Crippen MR) is 77.3 cm³/mol. The number of carbonyl (C=O) groups excluding carboxylic acids is 1. The molecular formula is C13H25N5O2. The van der Waals surface area contributed by atoms with Crippen molar-refractivity contribution < 1.29 is 9.32 Å². The molecule has 1 unspecified atom stereocenters. The van der Waals surface area contributed by atoms with Gasteiger partial charge in [-0.2, -0.15) is 4.98 Å². The molecule has 0 saturated carbocycles. The molecule has 0 spiro atoms. The molecule has 7 nitrogen and oxygen atoms in total. The molecule has 0 bridgehead atoms. The maximum atomic E-state index is 11.7. The van der Waals surface area contributed by atoms with Gasteiger partial charge in [-0.05, 0) is 12.8 Å². The van der Waals surface area contributed by atoms with Crippen LogP contribution in [-0.4, -0.2) is 22.2 Å². The third-order valence-corrected chi connectivity index (χ3v) is 2.98. The van der Waals surface area contributed by atoms with Gasteiger partial charge >= 0.3 is 12.0 Å². The first kappa shape index (κ1) is 16.3. The van der Waals surface area contributed by atoms with Crippen LogP contribution < -0.4 is 16.2 Å². The van der Waals surface area contributed by atoms with Crippen LogP contribution in [0.5, 0.6) is 0 Å². The molecular weight excluding hydrogens is 258 g/mol. The second kappa shape index (κ2) is 8.39. The lowest BCUT2D eigenvalue weighted by molar-refractivity contribution is 0.237. The smallest absolute Gasteiger partial charge is 0.334 e. The number of unbranched alkanes of at least 4 members (excludes halogenated alkanes) is 1. The van der Waals surface area contributed by atoms with E-state index in [-0.39, 0.29) is 24.0 Å². The van der Waals surface area contributed by atoms with Crippen LogP contribution in [0.25, 0.3) is 0 Å². The Morgan fingerprint density at radius 1 is 1.35 bits per heavy atom. The molecule has 1 aromatic rings. The molecule has 0 saturated heterocycles. The van der Waals surface area contributed by atoms with Crippen molar-refractivity contribution in [2.24, 2.45) is 0 Å². The second-order valence-electron chi connectivity index (χ2n) is 5.08. The van der Waals surface area contributed by atoms with E-state index in [2.05, 4.69) is 40.2 Å². The zero-order valence-corrected chi connectivity index (χ0v) is 12.7. The van der Waals surface area contributed by atoms with Crippen LogP contribution in [0.1, 0.15) is 65.1 Å². The molecule has 0 radical (unpaired) electrons. The fourth-order valence-electron chi connectivity index (χ4n) is 1.68. The highest BCUT2D eigenvalue weighted by atomic mass is 16.5. The Morgan fingerprint density at radius 3 is 2.65 bits per heavy atom. The summed E-state index contributed by atoms with van der Waals surface area (Å²) in [7, 11) is 0. The summed E-state index contributed by atoms with van der Waals surface area (Å²) in [5.74, 6) is 0.783. The number of nitrogens with zero attached hydrogens (tertiary/aromatic N) is 2. The minimum Gasteiger partial charge on any atom is -0.334 e. The fourth-order valence-corrected chi connectivity index (χ4v) is 1.68. The van der Waals surface area contributed by atoms with E-state index < -0.39 is 0 Å². The van der Waals surface area contributed by atoms with E-state index in [4.69, 9.17) is 4.52 Å². The Balaban J connectivity index is 2.34. The van der Waals surface area contributed by atoms with Crippen LogP contribution in [0, 0.1) is 0 Å². The van der Waals surface area contributed by atoms with Crippen molar-refractivity contribution in [3.8, 4) is 0 Å². The Labute approximate surface area is 119 Å². The van der Waals surface area contributed by atoms with Gasteiger partial charge in [0.05, 0.1) is 0 Å². The van der Waals surface area contributed by atoms with Gasteiger partial charge in [-0.25, -0.2) is 15.6 Å². The molecule has 0 aliphatic rings. The molecule has 0 fully saturated rings. The highest BCUT2D eigenvalue weighted by molar-refractivity contribution is 5.75. The van der Waals surface area contributed by atoms with Crippen molar-refractivity contribution in [3.63, 3.8) is 0 Å². The lowest BCUT2D eigenvalue weighted by Crippen LogP contribution is -2.44. The van der Waals surface area contributed by atoms with Crippen LogP contribution in [0.15, 0.2) is 4.52 Å². The van der Waals surface area contributed by atoms with Crippen LogP contribution >= 0.6 is 0 Å². The first-order valence-electron chi connectivity index (χ1n) is 7.22. The van der Waals surface area contributed by atoms with E-state index in [1.54, 1.807) is 0 Å². The number of hydrogen-bond donors (Lipinski definition) is 3. The second-order valence-corrected chi connectivity index (χ2v) is 5.08. The molecule has 20 heavy (non-hydrogen) atoms. The highest BCUT2D eigenvalue weighted by Gasteiger charge is 2.12. The number of amides is 2. The summed E-state index contributed by atoms with van der Waals surface area (Å²) in [6.07, 6.45) is 4.12. The van der Waals surface area contributed by atoms with Crippen LogP contribution in [0.2, 0.25) is 0 Å². The van der Waals surface area contributed by atoms with Gasteiger partial charge in [0.1, 0.15) is 0 Å². The van der Waals surface area contributed by atoms with Gasteiger partial charge in [-0.1, -0.05) is 45.7 Å². The summed E-state index contributed by atoms with van der Waals surface area (Å²) >= 11 is 0. The average molecular weight is 283 g/mol. The number of anilines is 1. The van der Waals surface area contributed by atoms with Gasteiger partial charge in [-0.3, -0.25) is 0 Å². The lowest BCUT2D eigenvalue weighted by atomic mass is 10.1. The van der Waals surface area contributed by atoms with E-state index in [0.29, 0.717) is 5.82 Å². The zero-order chi connectivity index (χ0) is 15.0. The lowest BCUT2D eigenvalue weighted by Gasteiger charge is -2.16. The van der Waals surface area contributed by atoms with Crippen molar-refractivity contribution in [1.29, 1.82) is 0 Å². The van der Waals surface area contributed by atoms with Gasteiger partial charge in [0.2, 0.25) is 0 Å². The largest absolute Gasteiger partial charge is 0.340 e. The number of hydrogen-bond acceptors (Lipinski definition) is 5. The number of rotatable bonds is 8. The van der Waals surface area contributed by atoms with E-state index in [0.717, 1.165) is 25.7 Å². The summed E-state index contributed by atoms with van der Waals surface area (Å²) in [4.78, 5) is 15.8. The minimum absolute atomic E-state index is 0.182. The molecule has 3 N–H and O–H groups in total. The quantitative estimate of drug-likeness (QED) is 0.638. The summed E-state index contributed by atoms with van der Waals surface area (Å²) in [6.45, 7) is 8.12. The van der Waals surface area contributed by atoms with E-state index >= 15 is 0 Å². The number of nitrogens with one attached hydrogen (secondary N) is 3. The first-order valence-corrected chi connectivity index (χ1v) is 7.22. The zero-order valence-electron chi connectivity index (χ0n) is 12.7. The Morgan fingerprint density at radius 2 is 2.10 bits per heavy atom. The van der Waals surface area contributed by atoms with Crippen molar-refractivity contribution in [2.45, 2.75) is 65.3 Å². The van der Waals surface area contributed by atoms with Gasteiger partial charge < -0.3 is 9.84 Å². The molecule has 114 valence electrons. The topological polar surface area (TPSA) is 92.1 Å². The van der Waals surface area contributed by atoms with Gasteiger partial charge in [0.15, 0.2) is 5.82 Å². The Hall–Kier alpha value is -1.79. The maximum Gasteiger partial charge on any atom is 0.340 e. The van der Waals surface area contributed by atoms with Gasteiger partial charge in [-0.15, -0.1) is 0 Å². The molecule has 7 heteroatoms. The number of urea groups is 1.